The first kappa shape index (κ1) is 14.4. The Morgan fingerprint density at radius 2 is 2.06 bits per heavy atom. The van der Waals surface area contributed by atoms with Gasteiger partial charge in [0, 0.05) is 12.1 Å². The van der Waals surface area contributed by atoms with Crippen LogP contribution in [0.1, 0.15) is 47.0 Å². The lowest BCUT2D eigenvalue weighted by atomic mass is 9.93. The largest absolute Gasteiger partial charge is 0.393 e. The van der Waals surface area contributed by atoms with Crippen LogP contribution in [0.25, 0.3) is 0 Å². The molecule has 4 heteroatoms. The molecule has 1 fully saturated rings. The Labute approximate surface area is 110 Å². The van der Waals surface area contributed by atoms with Crippen molar-refractivity contribution in [2.24, 2.45) is 17.6 Å². The number of carbonyl (C=O) groups is 1. The Hall–Kier alpha value is -0.640. The maximum absolute atomic E-state index is 12.6. The fourth-order valence-electron chi connectivity index (χ4n) is 2.77. The van der Waals surface area contributed by atoms with Crippen LogP contribution < -0.4 is 5.73 Å². The smallest absolute Gasteiger partial charge is 0.233 e. The molecule has 0 aliphatic carbocycles. The Bertz CT molecular complexity index is 304. The number of hydrogen-bond acceptors (Lipinski definition) is 2. The third-order valence-electron chi connectivity index (χ3n) is 3.75. The maximum atomic E-state index is 12.6. The zero-order valence-electron chi connectivity index (χ0n) is 11.3. The summed E-state index contributed by atoms with van der Waals surface area (Å²) < 4.78 is 0. The summed E-state index contributed by atoms with van der Waals surface area (Å²) in [5, 5.41) is 0. The number of amides is 1. The standard InChI is InChI=1S/C13H24N2OS/c1-5-10-7-6-9(4)15(10)13(16)11(8(2)3)12(14)17/h8-11H,5-7H2,1-4H3,(H2,14,17). The van der Waals surface area contributed by atoms with E-state index in [2.05, 4.69) is 13.8 Å². The van der Waals surface area contributed by atoms with Crippen LogP contribution in [-0.4, -0.2) is 27.9 Å². The summed E-state index contributed by atoms with van der Waals surface area (Å²) in [4.78, 5) is 14.9. The second-order valence-corrected chi connectivity index (χ2v) is 5.83. The Morgan fingerprint density at radius 1 is 1.47 bits per heavy atom. The average molecular weight is 256 g/mol. The van der Waals surface area contributed by atoms with Crippen molar-refractivity contribution in [2.45, 2.75) is 59.0 Å². The number of thiocarbonyl (C=S) groups is 1. The summed E-state index contributed by atoms with van der Waals surface area (Å²) in [5.41, 5.74) is 5.72. The van der Waals surface area contributed by atoms with Gasteiger partial charge >= 0.3 is 0 Å². The maximum Gasteiger partial charge on any atom is 0.233 e. The number of rotatable bonds is 4. The summed E-state index contributed by atoms with van der Waals surface area (Å²) in [5.74, 6) is -0.00532. The van der Waals surface area contributed by atoms with Gasteiger partial charge in [0.1, 0.15) is 0 Å². The van der Waals surface area contributed by atoms with E-state index in [0.29, 0.717) is 17.1 Å². The molecule has 1 amide bonds. The van der Waals surface area contributed by atoms with E-state index in [4.69, 9.17) is 18.0 Å². The molecule has 3 atom stereocenters. The zero-order valence-corrected chi connectivity index (χ0v) is 12.1. The molecule has 1 rings (SSSR count). The minimum absolute atomic E-state index is 0.129. The predicted octanol–water partition coefficient (Wildman–Crippen LogP) is 2.33. The van der Waals surface area contributed by atoms with Gasteiger partial charge in [0.05, 0.1) is 10.9 Å². The van der Waals surface area contributed by atoms with E-state index in [0.717, 1.165) is 19.3 Å². The van der Waals surface area contributed by atoms with Crippen molar-refractivity contribution in [3.8, 4) is 0 Å². The molecule has 98 valence electrons. The first-order valence-electron chi connectivity index (χ1n) is 6.51. The molecule has 0 saturated carbocycles. The second-order valence-electron chi connectivity index (χ2n) is 5.36. The highest BCUT2D eigenvalue weighted by atomic mass is 32.1. The van der Waals surface area contributed by atoms with E-state index in [1.807, 2.05) is 18.7 Å². The lowest BCUT2D eigenvalue weighted by Gasteiger charge is -2.32. The quantitative estimate of drug-likeness (QED) is 0.785. The summed E-state index contributed by atoms with van der Waals surface area (Å²) in [7, 11) is 0. The van der Waals surface area contributed by atoms with Crippen molar-refractivity contribution in [3.63, 3.8) is 0 Å². The number of hydrogen-bond donors (Lipinski definition) is 1. The highest BCUT2D eigenvalue weighted by Gasteiger charge is 2.38. The molecule has 2 N–H and O–H groups in total. The number of nitrogens with two attached hydrogens (primary N) is 1. The van der Waals surface area contributed by atoms with Crippen LogP contribution in [0.4, 0.5) is 0 Å². The molecule has 3 nitrogen and oxygen atoms in total. The van der Waals surface area contributed by atoms with Crippen molar-refractivity contribution in [1.82, 2.24) is 4.90 Å². The third-order valence-corrected chi connectivity index (χ3v) is 4.00. The lowest BCUT2D eigenvalue weighted by Crippen LogP contribution is -2.48. The Kier molecular flexibility index (Phi) is 4.92. The van der Waals surface area contributed by atoms with Gasteiger partial charge in [-0.3, -0.25) is 4.79 Å². The minimum Gasteiger partial charge on any atom is -0.393 e. The van der Waals surface area contributed by atoms with Crippen molar-refractivity contribution in [3.05, 3.63) is 0 Å². The zero-order chi connectivity index (χ0) is 13.2. The lowest BCUT2D eigenvalue weighted by molar-refractivity contribution is -0.137. The van der Waals surface area contributed by atoms with Gasteiger partial charge in [-0.15, -0.1) is 0 Å². The van der Waals surface area contributed by atoms with Crippen LogP contribution in [-0.2, 0) is 4.79 Å². The van der Waals surface area contributed by atoms with Gasteiger partial charge in [0.25, 0.3) is 0 Å². The summed E-state index contributed by atoms with van der Waals surface area (Å²) in [6, 6.07) is 0.691. The van der Waals surface area contributed by atoms with Crippen LogP contribution in [0, 0.1) is 11.8 Å². The van der Waals surface area contributed by atoms with Crippen molar-refractivity contribution in [2.75, 3.05) is 0 Å². The molecule has 1 aliphatic rings. The highest BCUT2D eigenvalue weighted by molar-refractivity contribution is 7.80. The SMILES string of the molecule is CCC1CCC(C)N1C(=O)C(C(N)=S)C(C)C. The van der Waals surface area contributed by atoms with Gasteiger partial charge in [0.15, 0.2) is 0 Å². The van der Waals surface area contributed by atoms with Crippen molar-refractivity contribution >= 4 is 23.1 Å². The summed E-state index contributed by atoms with van der Waals surface area (Å²) in [6.45, 7) is 8.26. The van der Waals surface area contributed by atoms with Crippen LogP contribution in [0.15, 0.2) is 0 Å². The monoisotopic (exact) mass is 256 g/mol. The molecule has 1 aliphatic heterocycles. The van der Waals surface area contributed by atoms with Crippen LogP contribution in [0.5, 0.6) is 0 Å². The van der Waals surface area contributed by atoms with Crippen LogP contribution >= 0.6 is 12.2 Å². The van der Waals surface area contributed by atoms with E-state index >= 15 is 0 Å². The topological polar surface area (TPSA) is 46.3 Å². The Balaban J connectivity index is 2.89. The van der Waals surface area contributed by atoms with E-state index in [9.17, 15) is 4.79 Å². The second kappa shape index (κ2) is 5.80. The van der Waals surface area contributed by atoms with Crippen LogP contribution in [0.3, 0.4) is 0 Å². The summed E-state index contributed by atoms with van der Waals surface area (Å²) in [6.07, 6.45) is 3.20. The molecule has 0 aromatic rings. The van der Waals surface area contributed by atoms with Gasteiger partial charge in [-0.1, -0.05) is 33.0 Å². The molecule has 1 saturated heterocycles. The molecule has 0 bridgehead atoms. The van der Waals surface area contributed by atoms with Crippen LogP contribution in [0.2, 0.25) is 0 Å². The molecular weight excluding hydrogens is 232 g/mol. The number of likely N-dealkylation sites (tertiary alicyclic amines) is 1. The fourth-order valence-corrected chi connectivity index (χ4v) is 3.14. The van der Waals surface area contributed by atoms with Gasteiger partial charge < -0.3 is 10.6 Å². The Morgan fingerprint density at radius 3 is 2.47 bits per heavy atom. The fraction of sp³-hybridized carbons (Fsp3) is 0.846. The number of carbonyl (C=O) groups excluding carboxylic acids is 1. The first-order valence-corrected chi connectivity index (χ1v) is 6.92. The summed E-state index contributed by atoms with van der Waals surface area (Å²) >= 11 is 5.05. The highest BCUT2D eigenvalue weighted by Crippen LogP contribution is 2.29. The van der Waals surface area contributed by atoms with Gasteiger partial charge in [-0.05, 0) is 32.1 Å². The average Bonchev–Trinajstić information content (AvgIpc) is 2.58. The number of nitrogens with zero attached hydrogens (tertiary/aromatic N) is 1. The molecule has 0 spiro atoms. The van der Waals surface area contributed by atoms with E-state index < -0.39 is 0 Å². The van der Waals surface area contributed by atoms with Gasteiger partial charge in [-0.2, -0.15) is 0 Å². The predicted molar refractivity (Wildman–Crippen MR) is 74.7 cm³/mol. The molecule has 0 aromatic carbocycles. The van der Waals surface area contributed by atoms with Crippen molar-refractivity contribution in [1.29, 1.82) is 0 Å². The van der Waals surface area contributed by atoms with Gasteiger partial charge in [0.2, 0.25) is 5.91 Å². The minimum atomic E-state index is -0.306. The molecule has 0 aromatic heterocycles. The normalized spacial score (nSPS) is 26.3. The van der Waals surface area contributed by atoms with Crippen molar-refractivity contribution < 1.29 is 4.79 Å². The van der Waals surface area contributed by atoms with E-state index in [-0.39, 0.29) is 17.7 Å². The molecule has 3 unspecified atom stereocenters. The molecule has 17 heavy (non-hydrogen) atoms. The van der Waals surface area contributed by atoms with E-state index in [1.165, 1.54) is 0 Å². The van der Waals surface area contributed by atoms with Gasteiger partial charge in [-0.25, -0.2) is 0 Å². The molecular formula is C13H24N2OS. The molecule has 0 radical (unpaired) electrons. The third kappa shape index (κ3) is 2.97. The van der Waals surface area contributed by atoms with E-state index in [1.54, 1.807) is 0 Å². The molecule has 1 heterocycles. The first-order chi connectivity index (χ1) is 7.90.